The lowest BCUT2D eigenvalue weighted by atomic mass is 10.5. The maximum Gasteiger partial charge on any atom is 0.284 e. The first-order chi connectivity index (χ1) is 8.93. The van der Waals surface area contributed by atoms with Crippen LogP contribution in [-0.2, 0) is 12.7 Å². The van der Waals surface area contributed by atoms with Gasteiger partial charge in [-0.3, -0.25) is 0 Å². The van der Waals surface area contributed by atoms with Crippen molar-refractivity contribution in [1.82, 2.24) is 0 Å². The normalized spacial score (nSPS) is 17.9. The first-order valence-electron chi connectivity index (χ1n) is 8.04. The van der Waals surface area contributed by atoms with Crippen molar-refractivity contribution in [2.24, 2.45) is 0 Å². The van der Waals surface area contributed by atoms with Crippen LogP contribution in [-0.4, -0.2) is 48.0 Å². The Balaban J connectivity index is 5.23. The van der Waals surface area contributed by atoms with Crippen molar-refractivity contribution >= 4 is 42.8 Å². The van der Waals surface area contributed by atoms with Gasteiger partial charge >= 0.3 is 0 Å². The van der Waals surface area contributed by atoms with Gasteiger partial charge in [0, 0.05) is 0 Å². The molecule has 0 aromatic carbocycles. The van der Waals surface area contributed by atoms with Gasteiger partial charge < -0.3 is 12.7 Å². The highest BCUT2D eigenvalue weighted by molar-refractivity contribution is 7.15. The van der Waals surface area contributed by atoms with Crippen LogP contribution < -0.4 is 0 Å². The lowest BCUT2D eigenvalue weighted by Gasteiger charge is -2.48. The summed E-state index contributed by atoms with van der Waals surface area (Å²) in [6.45, 7) is 24.8. The topological polar surface area (TPSA) is 27.7 Å². The molecule has 1 unspecified atom stereocenters. The highest BCUT2D eigenvalue weighted by Crippen LogP contribution is 2.32. The Morgan fingerprint density at radius 2 is 1.24 bits per heavy atom. The maximum atomic E-state index is 6.81. The molecule has 1 atom stereocenters. The standard InChI is InChI=1S/C13H38O3Si5/c1-12-21(17,15-19(7,8)9)16-20(10,11)13(2,3)14-18(4,5)6/h12H2,1-11,17H3. The molecular weight excluding hydrogens is 345 g/mol. The van der Waals surface area contributed by atoms with Gasteiger partial charge in [-0.2, -0.15) is 0 Å². The number of hydrogen-bond acceptors (Lipinski definition) is 3. The lowest BCUT2D eigenvalue weighted by molar-refractivity contribution is 0.155. The molecule has 0 saturated heterocycles. The van der Waals surface area contributed by atoms with E-state index in [2.05, 4.69) is 73.1 Å². The molecule has 0 amide bonds. The summed E-state index contributed by atoms with van der Waals surface area (Å²) in [6.07, 6.45) is 0. The Labute approximate surface area is 140 Å². The third kappa shape index (κ3) is 7.86. The van der Waals surface area contributed by atoms with E-state index in [-0.39, 0.29) is 5.22 Å². The summed E-state index contributed by atoms with van der Waals surface area (Å²) >= 11 is 0. The summed E-state index contributed by atoms with van der Waals surface area (Å²) in [7, 11) is -6.09. The highest BCUT2D eigenvalue weighted by Gasteiger charge is 2.49. The van der Waals surface area contributed by atoms with E-state index < -0.39 is 33.0 Å². The van der Waals surface area contributed by atoms with Crippen molar-refractivity contribution in [2.45, 2.75) is 84.4 Å². The summed E-state index contributed by atoms with van der Waals surface area (Å²) in [5.41, 5.74) is 0. The van der Waals surface area contributed by atoms with E-state index in [0.717, 1.165) is 15.8 Å². The Kier molecular flexibility index (Phi) is 7.15. The van der Waals surface area contributed by atoms with Crippen LogP contribution in [0.1, 0.15) is 20.8 Å². The second-order valence-corrected chi connectivity index (χ2v) is 31.1. The van der Waals surface area contributed by atoms with E-state index in [1.165, 1.54) is 0 Å². The molecule has 0 aliphatic rings. The summed E-state index contributed by atoms with van der Waals surface area (Å²) < 4.78 is 19.8. The average molecular weight is 383 g/mol. The van der Waals surface area contributed by atoms with Gasteiger partial charge in [0.05, 0.1) is 15.0 Å². The van der Waals surface area contributed by atoms with Crippen molar-refractivity contribution in [3.63, 3.8) is 0 Å². The summed E-state index contributed by atoms with van der Waals surface area (Å²) in [5.74, 6) is 0. The Bertz CT molecular complexity index is 347. The molecule has 0 spiro atoms. The molecule has 0 saturated carbocycles. The molecule has 0 heterocycles. The second-order valence-electron chi connectivity index (χ2n) is 9.04. The van der Waals surface area contributed by atoms with Crippen molar-refractivity contribution in [2.75, 3.05) is 0 Å². The summed E-state index contributed by atoms with van der Waals surface area (Å²) in [6, 6.07) is 1.06. The van der Waals surface area contributed by atoms with E-state index in [1.807, 2.05) is 0 Å². The first kappa shape index (κ1) is 22.0. The second kappa shape index (κ2) is 6.84. The number of rotatable bonds is 8. The smallest absolute Gasteiger partial charge is 0.284 e. The van der Waals surface area contributed by atoms with Crippen molar-refractivity contribution < 1.29 is 12.7 Å². The molecule has 0 aromatic heterocycles. The van der Waals surface area contributed by atoms with Crippen LogP contribution >= 0.6 is 0 Å². The minimum absolute atomic E-state index is 0.169. The van der Waals surface area contributed by atoms with Crippen LogP contribution in [0.25, 0.3) is 0 Å². The molecule has 0 aliphatic carbocycles. The van der Waals surface area contributed by atoms with Crippen LogP contribution in [0.5, 0.6) is 0 Å². The zero-order chi connectivity index (χ0) is 17.3. The molecule has 0 aromatic rings. The quantitative estimate of drug-likeness (QED) is 0.601. The zero-order valence-corrected chi connectivity index (χ0v) is 22.4. The van der Waals surface area contributed by atoms with Crippen LogP contribution in [0.2, 0.25) is 58.4 Å². The zero-order valence-electron chi connectivity index (χ0n) is 16.4. The van der Waals surface area contributed by atoms with Gasteiger partial charge in [-0.1, -0.05) is 6.92 Å². The van der Waals surface area contributed by atoms with E-state index in [4.69, 9.17) is 12.7 Å². The molecule has 3 nitrogen and oxygen atoms in total. The Morgan fingerprint density at radius 3 is 1.52 bits per heavy atom. The van der Waals surface area contributed by atoms with Crippen molar-refractivity contribution in [3.05, 3.63) is 0 Å². The van der Waals surface area contributed by atoms with E-state index in [1.54, 1.807) is 0 Å². The van der Waals surface area contributed by atoms with Gasteiger partial charge in [-0.15, -0.1) is 0 Å². The first-order valence-corrected chi connectivity index (χ1v) is 23.3. The van der Waals surface area contributed by atoms with E-state index in [0.29, 0.717) is 0 Å². The van der Waals surface area contributed by atoms with Crippen LogP contribution in [0.3, 0.4) is 0 Å². The maximum absolute atomic E-state index is 6.81. The molecule has 0 fully saturated rings. The van der Waals surface area contributed by atoms with Crippen molar-refractivity contribution in [1.29, 1.82) is 0 Å². The minimum atomic E-state index is -1.99. The Morgan fingerprint density at radius 1 is 0.810 bits per heavy atom. The van der Waals surface area contributed by atoms with Crippen LogP contribution in [0, 0.1) is 0 Å². The fourth-order valence-corrected chi connectivity index (χ4v) is 28.1. The predicted molar refractivity (Wildman–Crippen MR) is 108 cm³/mol. The van der Waals surface area contributed by atoms with Gasteiger partial charge in [-0.25, -0.2) is 0 Å². The van der Waals surface area contributed by atoms with Crippen LogP contribution in [0.15, 0.2) is 0 Å². The lowest BCUT2D eigenvalue weighted by Crippen LogP contribution is -2.65. The molecule has 128 valence electrons. The molecule has 0 rings (SSSR count). The van der Waals surface area contributed by atoms with Gasteiger partial charge in [0.25, 0.3) is 8.08 Å². The third-order valence-electron chi connectivity index (χ3n) is 3.65. The van der Waals surface area contributed by atoms with Crippen molar-refractivity contribution in [3.8, 4) is 0 Å². The van der Waals surface area contributed by atoms with Gasteiger partial charge in [0.2, 0.25) is 8.32 Å². The minimum Gasteiger partial charge on any atom is -0.439 e. The molecule has 0 N–H and O–H groups in total. The summed E-state index contributed by atoms with van der Waals surface area (Å²) in [4.78, 5) is 0. The molecule has 21 heavy (non-hydrogen) atoms. The SMILES string of the molecule is CC[Si]([SiH3])(O[Si](C)(C)C)O[Si](C)(C)C(C)(C)O[Si](C)(C)C. The fraction of sp³-hybridized carbons (Fsp3) is 1.00. The molecule has 0 radical (unpaired) electrons. The van der Waals surface area contributed by atoms with Gasteiger partial charge in [-0.05, 0) is 72.3 Å². The molecule has 0 bridgehead atoms. The fourth-order valence-electron chi connectivity index (χ4n) is 2.36. The molecule has 0 aliphatic heterocycles. The predicted octanol–water partition coefficient (Wildman–Crippen LogP) is 3.55. The van der Waals surface area contributed by atoms with Gasteiger partial charge in [0.15, 0.2) is 16.6 Å². The van der Waals surface area contributed by atoms with Crippen LogP contribution in [0.4, 0.5) is 0 Å². The monoisotopic (exact) mass is 382 g/mol. The molecule has 8 heteroatoms. The molecular formula is C13H38O3Si5. The highest BCUT2D eigenvalue weighted by atomic mass is 29.2. The largest absolute Gasteiger partial charge is 0.439 e. The van der Waals surface area contributed by atoms with E-state index >= 15 is 0 Å². The number of hydrogen-bond donors (Lipinski definition) is 0. The van der Waals surface area contributed by atoms with E-state index in [9.17, 15) is 0 Å². The van der Waals surface area contributed by atoms with Gasteiger partial charge in [0.1, 0.15) is 0 Å². The average Bonchev–Trinajstić information content (AvgIpc) is 2.09. The Hall–Kier alpha value is 0.964. The summed E-state index contributed by atoms with van der Waals surface area (Å²) in [5, 5.41) is -0.169. The third-order valence-corrected chi connectivity index (χ3v) is 23.0.